The van der Waals surface area contributed by atoms with Crippen LogP contribution >= 0.6 is 23.2 Å². The first-order valence-electron chi connectivity index (χ1n) is 13.3. The number of fused-ring (bicyclic) bond motifs is 3. The van der Waals surface area contributed by atoms with Crippen LogP contribution in [0.1, 0.15) is 22.9 Å². The van der Waals surface area contributed by atoms with Crippen molar-refractivity contribution in [2.75, 3.05) is 13.2 Å². The molecule has 42 heavy (non-hydrogen) atoms. The van der Waals surface area contributed by atoms with Gasteiger partial charge in [0.15, 0.2) is 0 Å². The number of nitrogens with zero attached hydrogens (tertiary/aromatic N) is 1. The van der Waals surface area contributed by atoms with E-state index in [1.165, 1.54) is 0 Å². The number of amides is 1. The molecule has 0 aliphatic carbocycles. The van der Waals surface area contributed by atoms with Gasteiger partial charge in [-0.25, -0.2) is 4.79 Å². The van der Waals surface area contributed by atoms with Crippen molar-refractivity contribution in [3.05, 3.63) is 93.6 Å². The maximum Gasteiger partial charge on any atom is 0.416 e. The molecule has 0 radical (unpaired) electrons. The van der Waals surface area contributed by atoms with E-state index in [1.54, 1.807) is 59.5 Å². The van der Waals surface area contributed by atoms with Crippen molar-refractivity contribution < 1.29 is 39.4 Å². The smallest absolute Gasteiger partial charge is 0.416 e. The zero-order valence-electron chi connectivity index (χ0n) is 22.1. The van der Waals surface area contributed by atoms with Crippen LogP contribution in [0.3, 0.4) is 0 Å². The van der Waals surface area contributed by atoms with Gasteiger partial charge in [0.25, 0.3) is 0 Å². The SMILES string of the molecule is O=C(Oc1ccc(Cl)cc1)N1CCc2c([nH]c3ccc(Cl)cc23)[C@@H]1c1ccc(OC2OC(CO)C(O)C(O)C2O)cc1. The monoisotopic (exact) mass is 614 g/mol. The number of H-pyrrole nitrogens is 1. The summed E-state index contributed by atoms with van der Waals surface area (Å²) in [4.78, 5) is 18.6. The van der Waals surface area contributed by atoms with Gasteiger partial charge in [0.05, 0.1) is 6.61 Å². The normalized spacial score (nSPS) is 25.7. The van der Waals surface area contributed by atoms with Gasteiger partial charge in [-0.05, 0) is 72.1 Å². The highest BCUT2D eigenvalue weighted by Crippen LogP contribution is 2.40. The van der Waals surface area contributed by atoms with Crippen LogP contribution in [0.5, 0.6) is 11.5 Å². The topological polar surface area (TPSA) is 145 Å². The summed E-state index contributed by atoms with van der Waals surface area (Å²) >= 11 is 12.3. The van der Waals surface area contributed by atoms with Crippen LogP contribution in [0, 0.1) is 0 Å². The van der Waals surface area contributed by atoms with E-state index >= 15 is 0 Å². The Hall–Kier alpha value is -3.35. The van der Waals surface area contributed by atoms with E-state index in [9.17, 15) is 25.2 Å². The Bertz CT molecular complexity index is 1580. The van der Waals surface area contributed by atoms with E-state index in [0.717, 1.165) is 27.7 Å². The number of carbonyl (C=O) groups is 1. The van der Waals surface area contributed by atoms with Gasteiger partial charge in [-0.15, -0.1) is 0 Å². The molecule has 0 bridgehead atoms. The average Bonchev–Trinajstić information content (AvgIpc) is 3.36. The minimum Gasteiger partial charge on any atom is -0.462 e. The molecule has 12 heteroatoms. The van der Waals surface area contributed by atoms with Gasteiger partial charge in [0.1, 0.15) is 42.0 Å². The summed E-state index contributed by atoms with van der Waals surface area (Å²) in [5.74, 6) is 0.665. The van der Waals surface area contributed by atoms with Crippen molar-refractivity contribution in [1.29, 1.82) is 0 Å². The molecule has 0 saturated carbocycles. The third kappa shape index (κ3) is 5.43. The number of halogens is 2. The van der Waals surface area contributed by atoms with Gasteiger partial charge in [-0.3, -0.25) is 4.90 Å². The molecule has 3 heterocycles. The number of aromatic nitrogens is 1. The maximum atomic E-state index is 13.5. The van der Waals surface area contributed by atoms with Crippen LogP contribution in [0.15, 0.2) is 66.7 Å². The lowest BCUT2D eigenvalue weighted by Gasteiger charge is -2.39. The predicted octanol–water partition coefficient (Wildman–Crippen LogP) is 3.80. The highest BCUT2D eigenvalue weighted by molar-refractivity contribution is 6.31. The molecule has 6 rings (SSSR count). The van der Waals surface area contributed by atoms with Crippen LogP contribution in [0.25, 0.3) is 10.9 Å². The van der Waals surface area contributed by atoms with Crippen LogP contribution in [-0.2, 0) is 11.2 Å². The number of aromatic amines is 1. The fourth-order valence-corrected chi connectivity index (χ4v) is 5.79. The van der Waals surface area contributed by atoms with Gasteiger partial charge >= 0.3 is 6.09 Å². The van der Waals surface area contributed by atoms with E-state index in [-0.39, 0.29) is 0 Å². The van der Waals surface area contributed by atoms with Crippen molar-refractivity contribution in [2.24, 2.45) is 0 Å². The molecule has 1 saturated heterocycles. The molecule has 5 unspecified atom stereocenters. The molecule has 4 aromatic rings. The van der Waals surface area contributed by atoms with E-state index in [4.69, 9.17) is 37.4 Å². The molecule has 10 nitrogen and oxygen atoms in total. The number of hydrogen-bond acceptors (Lipinski definition) is 8. The fourth-order valence-electron chi connectivity index (χ4n) is 5.49. The van der Waals surface area contributed by atoms with Gasteiger partial charge in [0.2, 0.25) is 6.29 Å². The van der Waals surface area contributed by atoms with Crippen molar-refractivity contribution in [1.82, 2.24) is 9.88 Å². The van der Waals surface area contributed by atoms with Crippen molar-refractivity contribution in [3.8, 4) is 11.5 Å². The summed E-state index contributed by atoms with van der Waals surface area (Å²) in [6.07, 6.45) is -6.96. The summed E-state index contributed by atoms with van der Waals surface area (Å²) in [6.45, 7) is -0.182. The quantitative estimate of drug-likeness (QED) is 0.228. The van der Waals surface area contributed by atoms with Crippen molar-refractivity contribution in [2.45, 2.75) is 43.2 Å². The standard InChI is InChI=1S/C30H28Cl2N2O8/c31-16-3-8-19(9-4-16)41-30(39)34-12-11-20-21-13-17(32)5-10-22(21)33-24(20)25(34)15-1-6-18(7-2-15)40-29-28(38)27(37)26(36)23(14-35)42-29/h1-10,13,23,25-29,33,35-38H,11-12,14H2/t23?,25-,26?,27?,28?,29?/m0/s1. The zero-order chi connectivity index (χ0) is 29.5. The molecule has 220 valence electrons. The van der Waals surface area contributed by atoms with Crippen molar-refractivity contribution >= 4 is 40.2 Å². The zero-order valence-corrected chi connectivity index (χ0v) is 23.6. The number of carbonyl (C=O) groups excluding carboxylic acids is 1. The third-order valence-corrected chi connectivity index (χ3v) is 8.13. The summed E-state index contributed by atoms with van der Waals surface area (Å²) in [5.41, 5.74) is 3.52. The second kappa shape index (κ2) is 11.7. The number of nitrogens with one attached hydrogen (secondary N) is 1. The van der Waals surface area contributed by atoms with E-state index < -0.39 is 49.4 Å². The molecule has 6 atom stereocenters. The van der Waals surface area contributed by atoms with Gasteiger partial charge in [0, 0.05) is 33.2 Å². The van der Waals surface area contributed by atoms with E-state index in [1.807, 2.05) is 12.1 Å². The predicted molar refractivity (Wildman–Crippen MR) is 154 cm³/mol. The first-order valence-corrected chi connectivity index (χ1v) is 14.1. The number of aliphatic hydroxyl groups is 4. The number of benzene rings is 3. The van der Waals surface area contributed by atoms with E-state index in [2.05, 4.69) is 4.98 Å². The number of aliphatic hydroxyl groups excluding tert-OH is 4. The summed E-state index contributed by atoms with van der Waals surface area (Å²) < 4.78 is 16.9. The highest BCUT2D eigenvalue weighted by Gasteiger charge is 2.45. The lowest BCUT2D eigenvalue weighted by atomic mass is 9.92. The lowest BCUT2D eigenvalue weighted by molar-refractivity contribution is -0.277. The summed E-state index contributed by atoms with van der Waals surface area (Å²) in [7, 11) is 0. The first kappa shape index (κ1) is 28.8. The number of hydrogen-bond donors (Lipinski definition) is 5. The van der Waals surface area contributed by atoms with Crippen LogP contribution in [-0.4, -0.2) is 80.3 Å². The fraction of sp³-hybridized carbons (Fsp3) is 0.300. The van der Waals surface area contributed by atoms with Crippen LogP contribution in [0.2, 0.25) is 10.0 Å². The Morgan fingerprint density at radius 3 is 2.33 bits per heavy atom. The molecule has 2 aliphatic rings. The Labute approximate surface area is 250 Å². The maximum absolute atomic E-state index is 13.5. The van der Waals surface area contributed by atoms with Gasteiger partial charge in [-0.1, -0.05) is 35.3 Å². The second-order valence-corrected chi connectivity index (χ2v) is 11.1. The summed E-state index contributed by atoms with van der Waals surface area (Å²) in [5, 5.41) is 42.1. The van der Waals surface area contributed by atoms with E-state index in [0.29, 0.717) is 34.5 Å². The minimum absolute atomic E-state index is 0.304. The summed E-state index contributed by atoms with van der Waals surface area (Å²) in [6, 6.07) is 18.5. The Morgan fingerprint density at radius 1 is 0.929 bits per heavy atom. The Balaban J connectivity index is 1.31. The molecule has 3 aromatic carbocycles. The molecule has 5 N–H and O–H groups in total. The Kier molecular flexibility index (Phi) is 8.03. The first-order chi connectivity index (χ1) is 20.2. The van der Waals surface area contributed by atoms with Gasteiger partial charge < -0.3 is 39.6 Å². The molecule has 0 spiro atoms. The second-order valence-electron chi connectivity index (χ2n) is 10.3. The largest absolute Gasteiger partial charge is 0.462 e. The molecular weight excluding hydrogens is 587 g/mol. The van der Waals surface area contributed by atoms with Gasteiger partial charge in [-0.2, -0.15) is 0 Å². The number of ether oxygens (including phenoxy) is 3. The Morgan fingerprint density at radius 2 is 1.62 bits per heavy atom. The molecule has 1 aromatic heterocycles. The van der Waals surface area contributed by atoms with Crippen LogP contribution in [0.4, 0.5) is 4.79 Å². The average molecular weight is 615 g/mol. The highest BCUT2D eigenvalue weighted by atomic mass is 35.5. The third-order valence-electron chi connectivity index (χ3n) is 7.64. The molecule has 1 fully saturated rings. The lowest BCUT2D eigenvalue weighted by Crippen LogP contribution is -2.60. The molecule has 2 aliphatic heterocycles. The molecular formula is C30H28Cl2N2O8. The minimum atomic E-state index is -1.56. The van der Waals surface area contributed by atoms with Crippen LogP contribution < -0.4 is 9.47 Å². The number of rotatable bonds is 5. The van der Waals surface area contributed by atoms with Crippen molar-refractivity contribution in [3.63, 3.8) is 0 Å². The molecule has 1 amide bonds.